The molecule has 0 bridgehead atoms. The quantitative estimate of drug-likeness (QED) is 0.390. The van der Waals surface area contributed by atoms with E-state index in [0.717, 1.165) is 31.9 Å². The van der Waals surface area contributed by atoms with Crippen molar-refractivity contribution < 1.29 is 13.9 Å². The highest BCUT2D eigenvalue weighted by Crippen LogP contribution is 2.37. The Morgan fingerprint density at radius 3 is 2.80 bits per heavy atom. The fourth-order valence-electron chi connectivity index (χ4n) is 3.13. The topological polar surface area (TPSA) is 38.3 Å². The SMILES string of the molecule is C=C(F)/C=C\C(=C)Oc1cc(C(=O)C2(CCC)CCNC2)ccc1Cl. The van der Waals surface area contributed by atoms with Crippen LogP contribution in [0.25, 0.3) is 0 Å². The molecule has 0 amide bonds. The average Bonchev–Trinajstić information content (AvgIpc) is 3.04. The number of hydrogen-bond donors (Lipinski definition) is 1. The number of allylic oxidation sites excluding steroid dienone is 3. The normalized spacial score (nSPS) is 20.0. The molecule has 0 aliphatic carbocycles. The summed E-state index contributed by atoms with van der Waals surface area (Å²) in [5.74, 6) is 0.0227. The van der Waals surface area contributed by atoms with Crippen molar-refractivity contribution in [2.45, 2.75) is 26.2 Å². The Kier molecular flexibility index (Phi) is 6.57. The van der Waals surface area contributed by atoms with E-state index in [0.29, 0.717) is 22.9 Å². The number of benzene rings is 1. The molecule has 1 aromatic rings. The standard InChI is InChI=1S/C20H23ClFNO2/c1-4-9-20(10-11-23-13-20)19(24)16-7-8-17(21)18(12-16)25-15(3)6-5-14(2)22/h5-8,12,23H,2-4,9-11,13H2,1H3/b6-5-. The van der Waals surface area contributed by atoms with Crippen LogP contribution in [0.2, 0.25) is 5.02 Å². The van der Waals surface area contributed by atoms with Crippen LogP contribution >= 0.6 is 11.6 Å². The van der Waals surface area contributed by atoms with Crippen LogP contribution in [0.1, 0.15) is 36.5 Å². The number of halogens is 2. The molecule has 1 unspecified atom stereocenters. The third-order valence-corrected chi connectivity index (χ3v) is 4.65. The van der Waals surface area contributed by atoms with Gasteiger partial charge >= 0.3 is 0 Å². The van der Waals surface area contributed by atoms with Crippen molar-refractivity contribution in [3.63, 3.8) is 0 Å². The molecule has 1 heterocycles. The van der Waals surface area contributed by atoms with E-state index in [2.05, 4.69) is 25.4 Å². The van der Waals surface area contributed by atoms with Crippen LogP contribution in [0.15, 0.2) is 55.1 Å². The van der Waals surface area contributed by atoms with Gasteiger partial charge in [0.05, 0.1) is 5.02 Å². The molecule has 1 saturated heterocycles. The largest absolute Gasteiger partial charge is 0.456 e. The molecule has 1 aromatic carbocycles. The lowest BCUT2D eigenvalue weighted by atomic mass is 9.76. The third-order valence-electron chi connectivity index (χ3n) is 4.34. The summed E-state index contributed by atoms with van der Waals surface area (Å²) in [4.78, 5) is 13.1. The predicted octanol–water partition coefficient (Wildman–Crippen LogP) is 5.23. The summed E-state index contributed by atoms with van der Waals surface area (Å²) >= 11 is 6.16. The lowest BCUT2D eigenvalue weighted by molar-refractivity contribution is 0.0801. The number of ether oxygens (including phenoxy) is 1. The Bertz CT molecular complexity index is 706. The minimum atomic E-state index is -0.602. The molecule has 1 atom stereocenters. The molecule has 1 aliphatic rings. The van der Waals surface area contributed by atoms with Gasteiger partial charge in [-0.1, -0.05) is 38.1 Å². The van der Waals surface area contributed by atoms with Gasteiger partial charge in [-0.05, 0) is 49.7 Å². The second-order valence-corrected chi connectivity index (χ2v) is 6.69. The average molecular weight is 364 g/mol. The van der Waals surface area contributed by atoms with Crippen molar-refractivity contribution in [2.24, 2.45) is 5.41 Å². The summed E-state index contributed by atoms with van der Waals surface area (Å²) in [7, 11) is 0. The Balaban J connectivity index is 2.24. The van der Waals surface area contributed by atoms with E-state index >= 15 is 0 Å². The van der Waals surface area contributed by atoms with Crippen molar-refractivity contribution in [3.05, 3.63) is 65.7 Å². The Morgan fingerprint density at radius 1 is 1.44 bits per heavy atom. The molecular weight excluding hydrogens is 341 g/mol. The van der Waals surface area contributed by atoms with Crippen LogP contribution in [-0.2, 0) is 0 Å². The molecule has 1 N–H and O–H groups in total. The lowest BCUT2D eigenvalue weighted by Crippen LogP contribution is -2.33. The van der Waals surface area contributed by atoms with Crippen LogP contribution in [0.3, 0.4) is 0 Å². The van der Waals surface area contributed by atoms with Gasteiger partial charge < -0.3 is 10.1 Å². The van der Waals surface area contributed by atoms with E-state index in [1.807, 2.05) is 0 Å². The molecule has 0 saturated carbocycles. The maximum Gasteiger partial charge on any atom is 0.170 e. The zero-order chi connectivity index (χ0) is 18.4. The first-order valence-corrected chi connectivity index (χ1v) is 8.70. The predicted molar refractivity (Wildman–Crippen MR) is 99.8 cm³/mol. The molecule has 134 valence electrons. The minimum absolute atomic E-state index is 0.0964. The second-order valence-electron chi connectivity index (χ2n) is 6.28. The number of carbonyl (C=O) groups is 1. The monoisotopic (exact) mass is 363 g/mol. The van der Waals surface area contributed by atoms with Crippen molar-refractivity contribution >= 4 is 17.4 Å². The van der Waals surface area contributed by atoms with Gasteiger partial charge in [0.25, 0.3) is 0 Å². The van der Waals surface area contributed by atoms with Crippen molar-refractivity contribution in [2.75, 3.05) is 13.1 Å². The van der Waals surface area contributed by atoms with Gasteiger partial charge in [-0.25, -0.2) is 4.39 Å². The Labute approximate surface area is 153 Å². The molecule has 0 radical (unpaired) electrons. The number of hydrogen-bond acceptors (Lipinski definition) is 3. The molecule has 5 heteroatoms. The van der Waals surface area contributed by atoms with Gasteiger partial charge in [-0.15, -0.1) is 0 Å². The number of carbonyl (C=O) groups excluding carboxylic acids is 1. The third kappa shape index (κ3) is 4.80. The fourth-order valence-corrected chi connectivity index (χ4v) is 3.29. The van der Waals surface area contributed by atoms with E-state index in [1.54, 1.807) is 18.2 Å². The minimum Gasteiger partial charge on any atom is -0.456 e. The molecule has 0 aromatic heterocycles. The van der Waals surface area contributed by atoms with Gasteiger partial charge in [0.15, 0.2) is 5.78 Å². The Morgan fingerprint density at radius 2 is 2.20 bits per heavy atom. The maximum absolute atomic E-state index is 13.1. The van der Waals surface area contributed by atoms with Gasteiger partial charge in [0.2, 0.25) is 0 Å². The van der Waals surface area contributed by atoms with Crippen LogP contribution < -0.4 is 10.1 Å². The second kappa shape index (κ2) is 8.45. The smallest absolute Gasteiger partial charge is 0.170 e. The maximum atomic E-state index is 13.1. The highest BCUT2D eigenvalue weighted by atomic mass is 35.5. The summed E-state index contributed by atoms with van der Waals surface area (Å²) in [6.45, 7) is 10.4. The van der Waals surface area contributed by atoms with Gasteiger partial charge in [-0.3, -0.25) is 4.79 Å². The first kappa shape index (κ1) is 19.4. The summed E-state index contributed by atoms with van der Waals surface area (Å²) < 4.78 is 18.2. The molecule has 2 rings (SSSR count). The van der Waals surface area contributed by atoms with Gasteiger partial charge in [0.1, 0.15) is 17.3 Å². The molecule has 1 fully saturated rings. The molecule has 0 spiro atoms. The van der Waals surface area contributed by atoms with Crippen molar-refractivity contribution in [3.8, 4) is 5.75 Å². The summed E-state index contributed by atoms with van der Waals surface area (Å²) in [6.07, 6.45) is 5.11. The Hall–Kier alpha value is -1.91. The van der Waals surface area contributed by atoms with Crippen molar-refractivity contribution in [1.29, 1.82) is 0 Å². The molecular formula is C20H23ClFNO2. The highest BCUT2D eigenvalue weighted by Gasteiger charge is 2.40. The zero-order valence-electron chi connectivity index (χ0n) is 14.4. The molecule has 1 aliphatic heterocycles. The number of Topliss-reactive ketones (excluding diaryl/α,β-unsaturated/α-hetero) is 1. The molecule has 3 nitrogen and oxygen atoms in total. The number of nitrogens with one attached hydrogen (secondary N) is 1. The van der Waals surface area contributed by atoms with Crippen LogP contribution in [0, 0.1) is 5.41 Å². The van der Waals surface area contributed by atoms with E-state index in [4.69, 9.17) is 16.3 Å². The summed E-state index contributed by atoms with van der Waals surface area (Å²) in [6, 6.07) is 4.98. The van der Waals surface area contributed by atoms with E-state index in [1.165, 1.54) is 6.08 Å². The van der Waals surface area contributed by atoms with Crippen LogP contribution in [-0.4, -0.2) is 18.9 Å². The number of ketones is 1. The fraction of sp³-hybridized carbons (Fsp3) is 0.350. The van der Waals surface area contributed by atoms with Gasteiger partial charge in [-0.2, -0.15) is 0 Å². The van der Waals surface area contributed by atoms with Gasteiger partial charge in [0, 0.05) is 17.5 Å². The van der Waals surface area contributed by atoms with Crippen molar-refractivity contribution in [1.82, 2.24) is 5.32 Å². The first-order chi connectivity index (χ1) is 11.9. The van der Waals surface area contributed by atoms with Crippen LogP contribution in [0.4, 0.5) is 4.39 Å². The lowest BCUT2D eigenvalue weighted by Gasteiger charge is -2.26. The first-order valence-electron chi connectivity index (χ1n) is 8.32. The van der Waals surface area contributed by atoms with E-state index in [-0.39, 0.29) is 17.0 Å². The van der Waals surface area contributed by atoms with E-state index < -0.39 is 5.83 Å². The zero-order valence-corrected chi connectivity index (χ0v) is 15.2. The highest BCUT2D eigenvalue weighted by molar-refractivity contribution is 6.32. The molecule has 25 heavy (non-hydrogen) atoms. The van der Waals surface area contributed by atoms with E-state index in [9.17, 15) is 9.18 Å². The summed E-state index contributed by atoms with van der Waals surface area (Å²) in [5.41, 5.74) is 0.186. The number of rotatable bonds is 8. The van der Waals surface area contributed by atoms with Crippen LogP contribution in [0.5, 0.6) is 5.75 Å². The summed E-state index contributed by atoms with van der Waals surface area (Å²) in [5, 5.41) is 3.65.